The van der Waals surface area contributed by atoms with E-state index in [1.807, 2.05) is 17.1 Å². The Morgan fingerprint density at radius 2 is 1.86 bits per heavy atom. The van der Waals surface area contributed by atoms with Gasteiger partial charge in [-0.25, -0.2) is 9.07 Å². The van der Waals surface area contributed by atoms with Crippen molar-refractivity contribution in [3.05, 3.63) is 72.1 Å². The van der Waals surface area contributed by atoms with Crippen molar-refractivity contribution >= 4 is 16.0 Å². The smallest absolute Gasteiger partial charge is 0.368 e. The summed E-state index contributed by atoms with van der Waals surface area (Å²) in [5, 5.41) is 23.3. The molecule has 0 saturated heterocycles. The summed E-state index contributed by atoms with van der Waals surface area (Å²) in [6.07, 6.45) is 4.28. The van der Waals surface area contributed by atoms with Crippen molar-refractivity contribution in [1.29, 1.82) is 5.26 Å². The largest absolute Gasteiger partial charge is 0.380 e. The van der Waals surface area contributed by atoms with E-state index < -0.39 is 21.9 Å². The third-order valence-electron chi connectivity index (χ3n) is 4.02. The lowest BCUT2D eigenvalue weighted by molar-refractivity contribution is 0.462. The van der Waals surface area contributed by atoms with Crippen molar-refractivity contribution in [2.75, 3.05) is 11.6 Å². The summed E-state index contributed by atoms with van der Waals surface area (Å²) < 4.78 is 42.0. The second-order valence-corrected chi connectivity index (χ2v) is 7.22. The first-order valence-electron chi connectivity index (χ1n) is 8.49. The highest BCUT2D eigenvalue weighted by Gasteiger charge is 2.12. The van der Waals surface area contributed by atoms with Gasteiger partial charge in [0.2, 0.25) is 0 Å². The number of nitrogens with two attached hydrogens (primary N) is 1. The first kappa shape index (κ1) is 20.2. The van der Waals surface area contributed by atoms with Crippen LogP contribution in [0.4, 0.5) is 10.1 Å². The third-order valence-corrected chi connectivity index (χ3v) is 4.43. The number of rotatable bonds is 8. The minimum absolute atomic E-state index is 0.444. The van der Waals surface area contributed by atoms with Crippen molar-refractivity contribution in [3.8, 4) is 11.8 Å². The number of halogens is 1. The normalized spacial score (nSPS) is 11.1. The van der Waals surface area contributed by atoms with E-state index in [0.717, 1.165) is 5.69 Å². The summed E-state index contributed by atoms with van der Waals surface area (Å²) in [5.74, 6) is -1.25. The summed E-state index contributed by atoms with van der Waals surface area (Å²) in [4.78, 5) is 0. The fraction of sp³-hybridized carbons (Fsp3) is 0.167. The van der Waals surface area contributed by atoms with Crippen LogP contribution in [0.25, 0.3) is 0 Å². The molecule has 0 aliphatic rings. The molecule has 29 heavy (non-hydrogen) atoms. The van der Waals surface area contributed by atoms with Gasteiger partial charge in [-0.3, -0.25) is 5.01 Å². The molecule has 11 heteroatoms. The van der Waals surface area contributed by atoms with E-state index in [9.17, 15) is 12.8 Å². The van der Waals surface area contributed by atoms with E-state index in [2.05, 4.69) is 20.4 Å². The third kappa shape index (κ3) is 5.50. The molecule has 2 N–H and O–H groups in total. The van der Waals surface area contributed by atoms with Crippen LogP contribution in [-0.4, -0.2) is 29.8 Å². The van der Waals surface area contributed by atoms with E-state index >= 15 is 0 Å². The van der Waals surface area contributed by atoms with E-state index in [1.54, 1.807) is 35.5 Å². The van der Waals surface area contributed by atoms with Gasteiger partial charge in [-0.2, -0.15) is 18.8 Å². The van der Waals surface area contributed by atoms with Crippen LogP contribution in [0.5, 0.6) is 5.75 Å². The molecule has 0 spiro atoms. The molecule has 0 aliphatic heterocycles. The molecule has 0 unspecified atom stereocenters. The van der Waals surface area contributed by atoms with Crippen LogP contribution in [0, 0.1) is 17.1 Å². The molecule has 0 amide bonds. The van der Waals surface area contributed by atoms with Crippen molar-refractivity contribution in [2.45, 2.75) is 12.8 Å². The molecule has 2 aromatic carbocycles. The van der Waals surface area contributed by atoms with E-state index in [-0.39, 0.29) is 0 Å². The van der Waals surface area contributed by atoms with Gasteiger partial charge in [0.1, 0.15) is 12.7 Å². The quantitative estimate of drug-likeness (QED) is 0.593. The summed E-state index contributed by atoms with van der Waals surface area (Å²) >= 11 is 0. The number of aromatic nitrogens is 3. The summed E-state index contributed by atoms with van der Waals surface area (Å²) in [6, 6.07) is 13.2. The number of nitriles is 1. The van der Waals surface area contributed by atoms with Gasteiger partial charge >= 0.3 is 10.3 Å². The Kier molecular flexibility index (Phi) is 6.06. The number of hydrogen-bond acceptors (Lipinski definition) is 7. The second kappa shape index (κ2) is 8.68. The Hall–Kier alpha value is -3.49. The van der Waals surface area contributed by atoms with E-state index in [0.29, 0.717) is 30.5 Å². The zero-order chi connectivity index (χ0) is 20.9. The zero-order valence-corrected chi connectivity index (χ0v) is 16.0. The van der Waals surface area contributed by atoms with Crippen LogP contribution in [0.3, 0.4) is 0 Å². The molecule has 0 saturated carbocycles. The highest BCUT2D eigenvalue weighted by atomic mass is 32.2. The summed E-state index contributed by atoms with van der Waals surface area (Å²) in [5.41, 5.74) is 2.06. The lowest BCUT2D eigenvalue weighted by Crippen LogP contribution is -2.29. The van der Waals surface area contributed by atoms with Crippen LogP contribution in [0.1, 0.15) is 17.5 Å². The highest BCUT2D eigenvalue weighted by Crippen LogP contribution is 2.21. The predicted octanol–water partition coefficient (Wildman–Crippen LogP) is 1.77. The van der Waals surface area contributed by atoms with Crippen molar-refractivity contribution in [1.82, 2.24) is 14.9 Å². The number of aryl methyl sites for hydroxylation is 1. The summed E-state index contributed by atoms with van der Waals surface area (Å²) in [7, 11) is -4.28. The fourth-order valence-corrected chi connectivity index (χ4v) is 3.12. The van der Waals surface area contributed by atoms with E-state index in [1.165, 1.54) is 12.1 Å². The van der Waals surface area contributed by atoms with Crippen LogP contribution >= 0.6 is 0 Å². The molecular weight excluding hydrogens is 399 g/mol. The molecule has 0 radical (unpaired) electrons. The van der Waals surface area contributed by atoms with Crippen LogP contribution in [-0.2, 0) is 16.7 Å². The molecule has 0 atom stereocenters. The standard InChI is InChI=1S/C18H17FN6O3S/c19-17-10-14(5-8-18(17)28-29(21,26)27)2-1-9-25(24-12-22-23-13-24)16-6-3-15(11-20)4-7-16/h3-8,10,12-13H,1-2,9H2,(H2,21,26,27). The maximum absolute atomic E-state index is 14.0. The van der Waals surface area contributed by atoms with Crippen molar-refractivity contribution < 1.29 is 17.0 Å². The molecule has 3 rings (SSSR count). The van der Waals surface area contributed by atoms with Crippen LogP contribution in [0.2, 0.25) is 0 Å². The van der Waals surface area contributed by atoms with Gasteiger partial charge in [0, 0.05) is 6.54 Å². The Labute approximate surface area is 167 Å². The van der Waals surface area contributed by atoms with Gasteiger partial charge < -0.3 is 4.18 Å². The average molecular weight is 416 g/mol. The monoisotopic (exact) mass is 416 g/mol. The zero-order valence-electron chi connectivity index (χ0n) is 15.1. The van der Waals surface area contributed by atoms with Crippen molar-refractivity contribution in [2.24, 2.45) is 5.14 Å². The predicted molar refractivity (Wildman–Crippen MR) is 102 cm³/mol. The molecule has 0 bridgehead atoms. The van der Waals surface area contributed by atoms with Gasteiger partial charge in [-0.15, -0.1) is 10.2 Å². The highest BCUT2D eigenvalue weighted by molar-refractivity contribution is 7.84. The lowest BCUT2D eigenvalue weighted by Gasteiger charge is -2.25. The number of anilines is 1. The van der Waals surface area contributed by atoms with E-state index in [4.69, 9.17) is 10.4 Å². The average Bonchev–Trinajstić information content (AvgIpc) is 3.21. The molecule has 1 aromatic heterocycles. The Balaban J connectivity index is 1.69. The number of nitrogens with zero attached hydrogens (tertiary/aromatic N) is 5. The minimum Gasteiger partial charge on any atom is -0.368 e. The molecule has 3 aromatic rings. The maximum Gasteiger partial charge on any atom is 0.380 e. The Morgan fingerprint density at radius 3 is 2.45 bits per heavy atom. The van der Waals surface area contributed by atoms with Gasteiger partial charge in [-0.05, 0) is 54.8 Å². The number of hydrogen-bond donors (Lipinski definition) is 1. The molecule has 1 heterocycles. The van der Waals surface area contributed by atoms with Gasteiger partial charge in [0.25, 0.3) is 0 Å². The molecule has 0 aliphatic carbocycles. The molecule has 150 valence electrons. The first-order chi connectivity index (χ1) is 13.9. The maximum atomic E-state index is 14.0. The molecular formula is C18H17FN6O3S. The Morgan fingerprint density at radius 1 is 1.17 bits per heavy atom. The van der Waals surface area contributed by atoms with Crippen molar-refractivity contribution in [3.63, 3.8) is 0 Å². The fourth-order valence-electron chi connectivity index (χ4n) is 2.73. The second-order valence-electron chi connectivity index (χ2n) is 6.07. The summed E-state index contributed by atoms with van der Waals surface area (Å²) in [6.45, 7) is 0.557. The van der Waals surface area contributed by atoms with Crippen LogP contribution < -0.4 is 14.3 Å². The van der Waals surface area contributed by atoms with Gasteiger partial charge in [0.05, 0.1) is 17.3 Å². The van der Waals surface area contributed by atoms with Gasteiger partial charge in [0.15, 0.2) is 11.6 Å². The van der Waals surface area contributed by atoms with Gasteiger partial charge in [-0.1, -0.05) is 6.07 Å². The molecule has 0 fully saturated rings. The SMILES string of the molecule is N#Cc1ccc(N(CCCc2ccc(OS(N)(=O)=O)c(F)c2)n2cnnc2)cc1. The minimum atomic E-state index is -4.28. The topological polar surface area (TPSA) is 127 Å². The number of benzene rings is 2. The Bertz CT molecular complexity index is 1110. The first-order valence-corrected chi connectivity index (χ1v) is 9.96. The van der Waals surface area contributed by atoms with Crippen LogP contribution in [0.15, 0.2) is 55.1 Å². The molecule has 9 nitrogen and oxygen atoms in total. The lowest BCUT2D eigenvalue weighted by atomic mass is 10.1.